The third-order valence-electron chi connectivity index (χ3n) is 5.80. The summed E-state index contributed by atoms with van der Waals surface area (Å²) in [4.78, 5) is 15.3. The maximum Gasteiger partial charge on any atom is 0.255 e. The number of amides is 1. The number of aromatic nitrogens is 1. The molecule has 0 bridgehead atoms. The van der Waals surface area contributed by atoms with E-state index >= 15 is 0 Å². The minimum absolute atomic E-state index is 0.00554. The summed E-state index contributed by atoms with van der Waals surface area (Å²) in [6, 6.07) is 12.8. The largest absolute Gasteiger partial charge is 0.341 e. The van der Waals surface area contributed by atoms with Crippen LogP contribution >= 0.6 is 0 Å². The Bertz CT molecular complexity index is 763. The fourth-order valence-electron chi connectivity index (χ4n) is 4.38. The van der Waals surface area contributed by atoms with Crippen molar-refractivity contribution >= 4 is 5.91 Å². The van der Waals surface area contributed by atoms with Gasteiger partial charge in [0.15, 0.2) is 0 Å². The molecule has 1 saturated heterocycles. The Morgan fingerprint density at radius 2 is 1.85 bits per heavy atom. The van der Waals surface area contributed by atoms with Gasteiger partial charge in [-0.2, -0.15) is 0 Å². The van der Waals surface area contributed by atoms with Crippen LogP contribution in [0.3, 0.4) is 0 Å². The van der Waals surface area contributed by atoms with Crippen molar-refractivity contribution in [2.75, 3.05) is 6.54 Å². The Morgan fingerprint density at radius 1 is 1.15 bits per heavy atom. The highest BCUT2D eigenvalue weighted by Gasteiger charge is 2.32. The van der Waals surface area contributed by atoms with Crippen LogP contribution in [-0.2, 0) is 0 Å². The molecule has 0 radical (unpaired) electrons. The number of benzene rings is 1. The molecule has 3 atom stereocenters. The standard InChI is InChI=1S/C22H31N3O/c1-15-14-20(22(26)24-13-9-8-12-21(24)16(2)23)18(4)25(15)17(3)19-10-6-5-7-11-19/h5-7,10-11,14,16-17,21H,8-9,12-13,23H2,1-4H3. The molecule has 1 aromatic carbocycles. The third-order valence-corrected chi connectivity index (χ3v) is 5.80. The van der Waals surface area contributed by atoms with Crippen LogP contribution in [0.2, 0.25) is 0 Å². The van der Waals surface area contributed by atoms with Crippen molar-refractivity contribution in [3.63, 3.8) is 0 Å². The molecule has 140 valence electrons. The first-order valence-corrected chi connectivity index (χ1v) is 9.71. The number of nitrogens with zero attached hydrogens (tertiary/aromatic N) is 2. The van der Waals surface area contributed by atoms with E-state index in [1.807, 2.05) is 24.0 Å². The first-order valence-electron chi connectivity index (χ1n) is 9.71. The fourth-order valence-corrected chi connectivity index (χ4v) is 4.38. The number of likely N-dealkylation sites (tertiary alicyclic amines) is 1. The van der Waals surface area contributed by atoms with Crippen LogP contribution in [-0.4, -0.2) is 34.0 Å². The van der Waals surface area contributed by atoms with Gasteiger partial charge in [-0.1, -0.05) is 30.3 Å². The summed E-state index contributed by atoms with van der Waals surface area (Å²) in [5, 5.41) is 0. The predicted octanol–water partition coefficient (Wildman–Crippen LogP) is 4.06. The molecule has 1 aliphatic heterocycles. The highest BCUT2D eigenvalue weighted by Crippen LogP contribution is 2.28. The Labute approximate surface area is 157 Å². The van der Waals surface area contributed by atoms with Crippen LogP contribution in [0.25, 0.3) is 0 Å². The van der Waals surface area contributed by atoms with Crippen molar-refractivity contribution < 1.29 is 4.79 Å². The van der Waals surface area contributed by atoms with Gasteiger partial charge >= 0.3 is 0 Å². The Kier molecular flexibility index (Phi) is 5.52. The molecular formula is C22H31N3O. The van der Waals surface area contributed by atoms with Crippen molar-refractivity contribution in [1.82, 2.24) is 9.47 Å². The molecule has 2 N–H and O–H groups in total. The van der Waals surface area contributed by atoms with E-state index in [0.29, 0.717) is 0 Å². The highest BCUT2D eigenvalue weighted by atomic mass is 16.2. The van der Waals surface area contributed by atoms with E-state index in [0.717, 1.165) is 42.8 Å². The molecule has 0 spiro atoms. The molecule has 2 heterocycles. The van der Waals surface area contributed by atoms with Gasteiger partial charge in [0.2, 0.25) is 0 Å². The molecule has 0 aliphatic carbocycles. The lowest BCUT2D eigenvalue weighted by Gasteiger charge is -2.38. The Morgan fingerprint density at radius 3 is 2.50 bits per heavy atom. The maximum atomic E-state index is 13.3. The summed E-state index contributed by atoms with van der Waals surface area (Å²) in [6.45, 7) is 9.15. The summed E-state index contributed by atoms with van der Waals surface area (Å²) in [5.41, 5.74) is 10.4. The monoisotopic (exact) mass is 353 g/mol. The fraction of sp³-hybridized carbons (Fsp3) is 0.500. The van der Waals surface area contributed by atoms with Crippen LogP contribution < -0.4 is 5.73 Å². The molecule has 2 aromatic rings. The molecule has 0 saturated carbocycles. The van der Waals surface area contributed by atoms with E-state index < -0.39 is 0 Å². The summed E-state index contributed by atoms with van der Waals surface area (Å²) in [5.74, 6) is 0.131. The van der Waals surface area contributed by atoms with Crippen molar-refractivity contribution in [3.8, 4) is 0 Å². The zero-order valence-corrected chi connectivity index (χ0v) is 16.4. The van der Waals surface area contributed by atoms with Gasteiger partial charge in [0.1, 0.15) is 0 Å². The number of carbonyl (C=O) groups excluding carboxylic acids is 1. The maximum absolute atomic E-state index is 13.3. The van der Waals surface area contributed by atoms with E-state index in [9.17, 15) is 4.79 Å². The second-order valence-electron chi connectivity index (χ2n) is 7.66. The molecule has 3 rings (SSSR count). The molecule has 26 heavy (non-hydrogen) atoms. The van der Waals surface area contributed by atoms with Crippen LogP contribution in [0, 0.1) is 13.8 Å². The highest BCUT2D eigenvalue weighted by molar-refractivity contribution is 5.96. The topological polar surface area (TPSA) is 51.3 Å². The van der Waals surface area contributed by atoms with Gasteiger partial charge in [-0.15, -0.1) is 0 Å². The lowest BCUT2D eigenvalue weighted by molar-refractivity contribution is 0.0583. The minimum atomic E-state index is 0.00554. The number of carbonyl (C=O) groups is 1. The lowest BCUT2D eigenvalue weighted by atomic mass is 9.96. The first-order chi connectivity index (χ1) is 12.4. The van der Waals surface area contributed by atoms with E-state index in [4.69, 9.17) is 5.73 Å². The van der Waals surface area contributed by atoms with Gasteiger partial charge in [0.05, 0.1) is 11.6 Å². The Hall–Kier alpha value is -2.07. The average molecular weight is 354 g/mol. The van der Waals surface area contributed by atoms with E-state index in [2.05, 4.69) is 49.6 Å². The second-order valence-corrected chi connectivity index (χ2v) is 7.66. The molecule has 1 aliphatic rings. The van der Waals surface area contributed by atoms with E-state index in [-0.39, 0.29) is 24.0 Å². The number of nitrogens with two attached hydrogens (primary N) is 1. The zero-order chi connectivity index (χ0) is 18.8. The number of piperidine rings is 1. The quantitative estimate of drug-likeness (QED) is 0.901. The van der Waals surface area contributed by atoms with Gasteiger partial charge in [-0.3, -0.25) is 4.79 Å². The Balaban J connectivity index is 1.93. The SMILES string of the molecule is Cc1cc(C(=O)N2CCCCC2C(C)N)c(C)n1C(C)c1ccccc1. The van der Waals surface area contributed by atoms with Crippen LogP contribution in [0.4, 0.5) is 0 Å². The molecule has 3 unspecified atom stereocenters. The van der Waals surface area contributed by atoms with Crippen LogP contribution in [0.1, 0.15) is 66.5 Å². The predicted molar refractivity (Wildman–Crippen MR) is 106 cm³/mol. The summed E-state index contributed by atoms with van der Waals surface area (Å²) >= 11 is 0. The summed E-state index contributed by atoms with van der Waals surface area (Å²) in [6.07, 6.45) is 3.22. The van der Waals surface area contributed by atoms with Gasteiger partial charge in [0.25, 0.3) is 5.91 Å². The average Bonchev–Trinajstić information content (AvgIpc) is 2.95. The second kappa shape index (κ2) is 7.67. The number of aryl methyl sites for hydroxylation is 1. The molecule has 4 heteroatoms. The summed E-state index contributed by atoms with van der Waals surface area (Å²) in [7, 11) is 0. The number of hydrogen-bond donors (Lipinski definition) is 1. The molecule has 1 amide bonds. The zero-order valence-electron chi connectivity index (χ0n) is 16.4. The first kappa shape index (κ1) is 18.7. The van der Waals surface area contributed by atoms with Crippen molar-refractivity contribution in [2.24, 2.45) is 5.73 Å². The van der Waals surface area contributed by atoms with Crippen LogP contribution in [0.15, 0.2) is 36.4 Å². The molecule has 4 nitrogen and oxygen atoms in total. The minimum Gasteiger partial charge on any atom is -0.341 e. The normalized spacial score (nSPS) is 20.0. The number of hydrogen-bond acceptors (Lipinski definition) is 2. The summed E-state index contributed by atoms with van der Waals surface area (Å²) < 4.78 is 2.27. The third kappa shape index (κ3) is 3.43. The van der Waals surface area contributed by atoms with Gasteiger partial charge in [0, 0.05) is 30.0 Å². The van der Waals surface area contributed by atoms with Crippen molar-refractivity contribution in [2.45, 2.75) is 65.1 Å². The van der Waals surface area contributed by atoms with Gasteiger partial charge in [-0.05, 0) is 58.6 Å². The smallest absolute Gasteiger partial charge is 0.255 e. The van der Waals surface area contributed by atoms with Crippen molar-refractivity contribution in [3.05, 3.63) is 58.9 Å². The van der Waals surface area contributed by atoms with E-state index in [1.165, 1.54) is 5.56 Å². The molecular weight excluding hydrogens is 322 g/mol. The van der Waals surface area contributed by atoms with Crippen LogP contribution in [0.5, 0.6) is 0 Å². The van der Waals surface area contributed by atoms with Gasteiger partial charge < -0.3 is 15.2 Å². The van der Waals surface area contributed by atoms with Gasteiger partial charge in [-0.25, -0.2) is 0 Å². The molecule has 1 fully saturated rings. The number of rotatable bonds is 4. The van der Waals surface area contributed by atoms with E-state index in [1.54, 1.807) is 0 Å². The lowest BCUT2D eigenvalue weighted by Crippen LogP contribution is -2.51. The molecule has 1 aromatic heterocycles. The van der Waals surface area contributed by atoms with Crippen molar-refractivity contribution in [1.29, 1.82) is 0 Å².